The Labute approximate surface area is 821 Å². The first-order chi connectivity index (χ1) is 65.7. The molecule has 12 aromatic heterocycles. The van der Waals surface area contributed by atoms with Crippen molar-refractivity contribution < 1.29 is 30.3 Å². The number of aliphatic hydroxyl groups is 5. The number of benzene rings is 1. The lowest BCUT2D eigenvalue weighted by Gasteiger charge is -2.31. The van der Waals surface area contributed by atoms with E-state index in [0.717, 1.165) is 242 Å². The normalized spacial score (nSPS) is 20.9. The number of fused-ring (bicyclic) bond motifs is 6. The molecule has 135 heavy (non-hydrogen) atoms. The SMILES string of the molecule is CCc1cnn2c(NCc3ccc4c(c3)ncn4C)cc(N[C@H]3CCCC[C@H]3CO)nc12.CN(C)CCCNc1cc(N[C@H]2CCCC[C@H]2CO)nc2c(Br)cnn12.Cc1ccc(CNc2cc(N[C@@H]3CCCC[C@@H]3CO)nc3c(Br)cnn23)c[n+]1[O-].Nc1cc(N[C@H]2CCCC[C@H]2CO)nc2c(Br)cnn12.OC[C@@H]1CCCC[C@@H]1Nc1cc(NCCCN2CCCC2)n2ncc(Br)c2n1. The molecule has 1 aliphatic heterocycles. The molecular weight excluding hydrogens is 1980 g/mol. The standard InChI is InChI=1S/C24H31N7O.C20H25BrN6O2.C20H31BrN6O.C18H29BrN6O.C13H18BrN5O/c1-3-17-13-27-31-23(25-12-16-8-9-21-20(10-16)26-15-30(21)2)11-22(29-24(17)31)28-19-7-5-4-6-18(19)14-32;1-13-6-7-14(11-26(13)29)9-22-19-8-18(25-20-16(21)10-23-27(19)20)24-17-5-3-2-4-15(17)12-28;21-16-13-23-27-19(22-8-5-11-26-9-3-4-10-26)12-18(25-20(16)27)24-17-7-2-1-6-15(17)14-28;1-24(2)9-5-8-20-17-10-16(23-18-14(19)11-21-25(17)18)22-15-7-4-3-6-13(15)12-26;14-9-6-16-19-11(15)5-12(18-13(9)19)17-10-4-2-1-3-8(10)7-20/h8-11,13,15,18-19,25,32H,3-7,12,14H2,1-2H3,(H,28,29);6-8,10-11,15,17,22,28H,2-5,9,12H2,1H3,(H,24,25);12-13,15,17,22,28H,1-11,14H2,(H,24,25);10-11,13,15,20,26H,3-9,12H2,1-2H3,(H,22,23);5-6,8,10,20H,1-4,7,15H2,(H,17,18)/t18-,19-;2*15-,17-;13-,15-;8-,10-/m01000/s1. The van der Waals surface area contributed by atoms with Gasteiger partial charge in [-0.05, 0) is 224 Å². The summed E-state index contributed by atoms with van der Waals surface area (Å²) in [6.45, 7) is 12.6. The maximum Gasteiger partial charge on any atom is 0.189 e. The average molecular weight is 2110 g/mol. The minimum atomic E-state index is 0.185. The van der Waals surface area contributed by atoms with Gasteiger partial charge in [0.05, 0.1) is 66.2 Å². The number of aliphatic hydroxyl groups excluding tert-OH is 5. The number of anilines is 10. The molecule has 13 aromatic rings. The van der Waals surface area contributed by atoms with Crippen molar-refractivity contribution in [3.63, 3.8) is 0 Å². The van der Waals surface area contributed by atoms with Crippen LogP contribution in [0.15, 0.2) is 122 Å². The molecular formula is C95H134Br4N30O6. The molecule has 36 nitrogen and oxygen atoms in total. The van der Waals surface area contributed by atoms with E-state index in [1.165, 1.54) is 77.3 Å². The van der Waals surface area contributed by atoms with Crippen LogP contribution >= 0.6 is 63.7 Å². The lowest BCUT2D eigenvalue weighted by atomic mass is 9.85. The van der Waals surface area contributed by atoms with Gasteiger partial charge in [-0.1, -0.05) is 77.2 Å². The fourth-order valence-electron chi connectivity index (χ4n) is 19.4. The van der Waals surface area contributed by atoms with Gasteiger partial charge in [-0.2, -0.15) is 52.8 Å². The quantitative estimate of drug-likeness (QED) is 0.0106. The highest BCUT2D eigenvalue weighted by Crippen LogP contribution is 2.37. The fraction of sp³-hybridized carbons (Fsp3) is 0.558. The summed E-state index contributed by atoms with van der Waals surface area (Å²) >= 11 is 14.0. The minimum Gasteiger partial charge on any atom is -0.619 e. The molecule has 0 radical (unpaired) electrons. The molecule has 0 spiro atoms. The Morgan fingerprint density at radius 3 is 1.22 bits per heavy atom. The number of nitrogen functional groups attached to an aromatic ring is 1. The van der Waals surface area contributed by atoms with Gasteiger partial charge in [0.25, 0.3) is 0 Å². The molecule has 5 saturated carbocycles. The third-order valence-corrected chi connectivity index (χ3v) is 29.4. The lowest BCUT2D eigenvalue weighted by Crippen LogP contribution is -2.34. The largest absolute Gasteiger partial charge is 0.619 e. The van der Waals surface area contributed by atoms with Gasteiger partial charge in [0, 0.05) is 181 Å². The second kappa shape index (κ2) is 48.6. The maximum atomic E-state index is 11.8. The summed E-state index contributed by atoms with van der Waals surface area (Å²) in [5, 5.41) is 114. The molecule has 19 rings (SSSR count). The molecule has 1 aromatic carbocycles. The second-order valence-corrected chi connectivity index (χ2v) is 40.5. The van der Waals surface area contributed by atoms with Gasteiger partial charge in [-0.3, -0.25) is 0 Å². The number of aromatic nitrogens is 18. The zero-order valence-corrected chi connectivity index (χ0v) is 84.5. The van der Waals surface area contributed by atoms with Gasteiger partial charge in [0.1, 0.15) is 58.2 Å². The van der Waals surface area contributed by atoms with Crippen LogP contribution in [0, 0.1) is 41.7 Å². The van der Waals surface area contributed by atoms with E-state index in [1.807, 2.05) is 74.1 Å². The van der Waals surface area contributed by atoms with Crippen LogP contribution in [0.5, 0.6) is 0 Å². The molecule has 728 valence electrons. The first-order valence-electron chi connectivity index (χ1n) is 48.3. The summed E-state index contributed by atoms with van der Waals surface area (Å²) in [4.78, 5) is 32.8. The molecule has 5 aliphatic carbocycles. The number of pyridine rings is 1. The molecule has 0 bridgehead atoms. The Balaban J connectivity index is 0.000000129. The highest BCUT2D eigenvalue weighted by atomic mass is 79.9. The number of hydrogen-bond acceptors (Lipinski definition) is 29. The maximum absolute atomic E-state index is 11.8. The second-order valence-electron chi connectivity index (χ2n) is 37.0. The van der Waals surface area contributed by atoms with Crippen LogP contribution in [-0.4, -0.2) is 234 Å². The average Bonchev–Trinajstić information content (AvgIpc) is 1.70. The Bertz CT molecular complexity index is 5980. The van der Waals surface area contributed by atoms with Crippen molar-refractivity contribution in [3.8, 4) is 0 Å². The Morgan fingerprint density at radius 2 is 0.807 bits per heavy atom. The van der Waals surface area contributed by atoms with Crippen LogP contribution in [0.2, 0.25) is 0 Å². The third-order valence-electron chi connectivity index (χ3n) is 27.2. The predicted molar refractivity (Wildman–Crippen MR) is 548 cm³/mol. The predicted octanol–water partition coefficient (Wildman–Crippen LogP) is 15.0. The van der Waals surface area contributed by atoms with Crippen molar-refractivity contribution >= 4 is 161 Å². The summed E-state index contributed by atoms with van der Waals surface area (Å²) in [6.07, 6.45) is 40.4. The van der Waals surface area contributed by atoms with E-state index in [0.29, 0.717) is 47.7 Å². The zero-order chi connectivity index (χ0) is 94.4. The summed E-state index contributed by atoms with van der Waals surface area (Å²) in [5.74, 6) is 9.50. The smallest absolute Gasteiger partial charge is 0.189 e. The van der Waals surface area contributed by atoms with Crippen molar-refractivity contribution in [2.75, 3.05) is 140 Å². The first-order valence-corrected chi connectivity index (χ1v) is 51.5. The van der Waals surface area contributed by atoms with Crippen LogP contribution in [0.1, 0.15) is 183 Å². The first kappa shape index (κ1) is 99.8. The Kier molecular flexibility index (Phi) is 35.9. The molecule has 1 saturated heterocycles. The molecule has 40 heteroatoms. The van der Waals surface area contributed by atoms with Crippen LogP contribution in [-0.2, 0) is 26.6 Å². The number of nitrogens with zero attached hydrogens (tertiary/aromatic N) is 20. The van der Waals surface area contributed by atoms with Crippen molar-refractivity contribution in [1.82, 2.24) is 92.3 Å². The van der Waals surface area contributed by atoms with Gasteiger partial charge >= 0.3 is 0 Å². The monoisotopic (exact) mass is 2110 g/mol. The number of halogens is 4. The van der Waals surface area contributed by atoms with Crippen molar-refractivity contribution in [2.45, 2.75) is 218 Å². The van der Waals surface area contributed by atoms with Gasteiger partial charge in [0.15, 0.2) is 40.1 Å². The number of nitrogens with two attached hydrogens (primary N) is 1. The van der Waals surface area contributed by atoms with Crippen molar-refractivity contribution in [2.24, 2.45) is 36.6 Å². The molecule has 0 unspecified atom stereocenters. The summed E-state index contributed by atoms with van der Waals surface area (Å²) in [5.41, 5.74) is 15.8. The molecule has 10 atom stereocenters. The number of imidazole rings is 1. The lowest BCUT2D eigenvalue weighted by molar-refractivity contribution is -0.612. The minimum absolute atomic E-state index is 0.185. The van der Waals surface area contributed by atoms with E-state index >= 15 is 0 Å². The van der Waals surface area contributed by atoms with Crippen molar-refractivity contribution in [3.05, 3.63) is 150 Å². The number of rotatable bonds is 32. The summed E-state index contributed by atoms with van der Waals surface area (Å²) < 4.78 is 15.2. The van der Waals surface area contributed by atoms with E-state index in [9.17, 15) is 30.7 Å². The Morgan fingerprint density at radius 1 is 0.444 bits per heavy atom. The number of likely N-dealkylation sites (tertiary alicyclic amines) is 1. The van der Waals surface area contributed by atoms with Crippen LogP contribution in [0.4, 0.5) is 58.2 Å². The molecule has 6 fully saturated rings. The van der Waals surface area contributed by atoms with Gasteiger partial charge in [0.2, 0.25) is 0 Å². The Hall–Kier alpha value is -9.62. The molecule has 16 N–H and O–H groups in total. The van der Waals surface area contributed by atoms with Crippen LogP contribution in [0.25, 0.3) is 39.3 Å². The molecule has 13 heterocycles. The van der Waals surface area contributed by atoms with Crippen LogP contribution < -0.4 is 58.3 Å². The number of nitrogens with one attached hydrogen (secondary N) is 9. The molecule has 0 amide bonds. The van der Waals surface area contributed by atoms with E-state index in [4.69, 9.17) is 25.7 Å². The van der Waals surface area contributed by atoms with E-state index in [2.05, 4.69) is 196 Å². The van der Waals surface area contributed by atoms with Gasteiger partial charge in [-0.25, -0.2) is 29.9 Å². The summed E-state index contributed by atoms with van der Waals surface area (Å²) in [7, 11) is 6.17. The highest BCUT2D eigenvalue weighted by molar-refractivity contribution is 9.11. The topological polar surface area (TPSA) is 438 Å². The molecule has 6 aliphatic rings. The van der Waals surface area contributed by atoms with Gasteiger partial charge < -0.3 is 98.7 Å². The number of aryl methyl sites for hydroxylation is 3. The van der Waals surface area contributed by atoms with E-state index in [1.54, 1.807) is 53.0 Å². The van der Waals surface area contributed by atoms with Crippen LogP contribution in [0.3, 0.4) is 0 Å². The summed E-state index contributed by atoms with van der Waals surface area (Å²) in [6, 6.07) is 21.2. The van der Waals surface area contributed by atoms with E-state index in [-0.39, 0.29) is 81.0 Å². The van der Waals surface area contributed by atoms with Crippen molar-refractivity contribution in [1.29, 1.82) is 0 Å². The zero-order valence-electron chi connectivity index (χ0n) is 78.1. The number of hydrogen-bond donors (Lipinski definition) is 15. The van der Waals surface area contributed by atoms with Gasteiger partial charge in [-0.15, -0.1) is 0 Å². The highest BCUT2D eigenvalue weighted by Gasteiger charge is 2.32. The fourth-order valence-corrected chi connectivity index (χ4v) is 20.8. The van der Waals surface area contributed by atoms with E-state index < -0.39 is 0 Å². The third kappa shape index (κ3) is 25.9.